The van der Waals surface area contributed by atoms with Crippen LogP contribution in [0.3, 0.4) is 0 Å². The van der Waals surface area contributed by atoms with Gasteiger partial charge < -0.3 is 4.74 Å². The average molecular weight is 202 g/mol. The summed E-state index contributed by atoms with van der Waals surface area (Å²) in [6.45, 7) is 2.22. The van der Waals surface area contributed by atoms with Crippen LogP contribution in [0.1, 0.15) is 12.5 Å². The van der Waals surface area contributed by atoms with Gasteiger partial charge in [0.05, 0.1) is 0 Å². The molecule has 0 heterocycles. The normalized spacial score (nSPS) is 9.13. The van der Waals surface area contributed by atoms with E-state index >= 15 is 0 Å². The number of Topliss-reactive ketones (excluding diaryl/α,β-unsaturated/α-hetero) is 1. The molecule has 0 atom stereocenters. The molecular formula is C13H14O2. The van der Waals surface area contributed by atoms with E-state index < -0.39 is 0 Å². The Morgan fingerprint density at radius 3 is 2.73 bits per heavy atom. The van der Waals surface area contributed by atoms with Crippen molar-refractivity contribution in [2.45, 2.75) is 13.3 Å². The Morgan fingerprint density at radius 2 is 2.07 bits per heavy atom. The Balaban J connectivity index is 2.27. The van der Waals surface area contributed by atoms with E-state index in [4.69, 9.17) is 4.74 Å². The number of ether oxygens (including phenoxy) is 1. The van der Waals surface area contributed by atoms with Crippen LogP contribution in [-0.4, -0.2) is 19.0 Å². The number of ketones is 1. The molecule has 0 aliphatic carbocycles. The number of hydrogen-bond donors (Lipinski definition) is 0. The van der Waals surface area contributed by atoms with Crippen molar-refractivity contribution >= 4 is 5.78 Å². The molecule has 0 spiro atoms. The summed E-state index contributed by atoms with van der Waals surface area (Å²) in [5.74, 6) is 5.53. The minimum Gasteiger partial charge on any atom is -0.361 e. The average Bonchev–Trinajstić information content (AvgIpc) is 2.26. The fraction of sp³-hybridized carbons (Fsp3) is 0.308. The van der Waals surface area contributed by atoms with E-state index in [9.17, 15) is 4.79 Å². The molecule has 0 saturated heterocycles. The third-order valence-corrected chi connectivity index (χ3v) is 1.86. The molecular weight excluding hydrogens is 188 g/mol. The van der Waals surface area contributed by atoms with Crippen molar-refractivity contribution in [3.63, 3.8) is 0 Å². The highest BCUT2D eigenvalue weighted by Gasteiger charge is 2.02. The quantitative estimate of drug-likeness (QED) is 0.538. The van der Waals surface area contributed by atoms with Crippen LogP contribution in [0, 0.1) is 11.8 Å². The molecule has 1 aromatic rings. The van der Waals surface area contributed by atoms with Crippen LogP contribution >= 0.6 is 0 Å². The van der Waals surface area contributed by atoms with Gasteiger partial charge in [0.1, 0.15) is 13.2 Å². The van der Waals surface area contributed by atoms with E-state index in [1.807, 2.05) is 30.3 Å². The second kappa shape index (κ2) is 6.80. The highest BCUT2D eigenvalue weighted by molar-refractivity contribution is 5.82. The molecule has 0 unspecified atom stereocenters. The van der Waals surface area contributed by atoms with Crippen molar-refractivity contribution < 1.29 is 9.53 Å². The van der Waals surface area contributed by atoms with Gasteiger partial charge >= 0.3 is 0 Å². The van der Waals surface area contributed by atoms with Crippen molar-refractivity contribution in [1.82, 2.24) is 0 Å². The summed E-state index contributed by atoms with van der Waals surface area (Å²) in [7, 11) is 0. The minimum absolute atomic E-state index is 0.0825. The lowest BCUT2D eigenvalue weighted by Gasteiger charge is -2.00. The summed E-state index contributed by atoms with van der Waals surface area (Å²) in [5.41, 5.74) is 1.02. The van der Waals surface area contributed by atoms with Gasteiger partial charge in [0.2, 0.25) is 0 Å². The van der Waals surface area contributed by atoms with Crippen molar-refractivity contribution in [2.75, 3.05) is 13.2 Å². The Labute approximate surface area is 90.3 Å². The van der Waals surface area contributed by atoms with Crippen molar-refractivity contribution in [1.29, 1.82) is 0 Å². The van der Waals surface area contributed by atoms with Crippen LogP contribution in [0.2, 0.25) is 0 Å². The molecule has 0 aliphatic rings. The van der Waals surface area contributed by atoms with Gasteiger partial charge in [-0.05, 0) is 12.5 Å². The molecule has 0 bridgehead atoms. The van der Waals surface area contributed by atoms with Crippen molar-refractivity contribution in [3.05, 3.63) is 35.9 Å². The standard InChI is InChI=1S/C13H14O2/c1-2-3-9-15-11-13(14)10-12-7-5-4-6-8-12/h4-8H,9-11H2,1H3. The van der Waals surface area contributed by atoms with E-state index in [2.05, 4.69) is 11.8 Å². The van der Waals surface area contributed by atoms with E-state index in [-0.39, 0.29) is 12.4 Å². The molecule has 0 fully saturated rings. The monoisotopic (exact) mass is 202 g/mol. The Hall–Kier alpha value is -1.59. The number of benzene rings is 1. The molecule has 0 radical (unpaired) electrons. The molecule has 0 amide bonds. The van der Waals surface area contributed by atoms with Gasteiger partial charge in [0, 0.05) is 6.42 Å². The minimum atomic E-state index is 0.0825. The third kappa shape index (κ3) is 4.99. The van der Waals surface area contributed by atoms with Gasteiger partial charge in [-0.1, -0.05) is 36.3 Å². The molecule has 0 aliphatic heterocycles. The maximum absolute atomic E-state index is 11.4. The lowest BCUT2D eigenvalue weighted by Crippen LogP contribution is -2.11. The molecule has 0 N–H and O–H groups in total. The van der Waals surface area contributed by atoms with Gasteiger partial charge in [-0.3, -0.25) is 4.79 Å². The number of rotatable bonds is 5. The first-order valence-electron chi connectivity index (χ1n) is 4.86. The smallest absolute Gasteiger partial charge is 0.162 e. The summed E-state index contributed by atoms with van der Waals surface area (Å²) in [4.78, 5) is 11.4. The Bertz CT molecular complexity index is 357. The summed E-state index contributed by atoms with van der Waals surface area (Å²) >= 11 is 0. The molecule has 0 aromatic heterocycles. The van der Waals surface area contributed by atoms with Gasteiger partial charge in [-0.2, -0.15) is 0 Å². The summed E-state index contributed by atoms with van der Waals surface area (Å²) in [6, 6.07) is 9.65. The summed E-state index contributed by atoms with van der Waals surface area (Å²) in [6.07, 6.45) is 0.431. The van der Waals surface area contributed by atoms with Crippen LogP contribution in [0.4, 0.5) is 0 Å². The Kier molecular flexibility index (Phi) is 5.21. The first kappa shape index (κ1) is 11.5. The topological polar surface area (TPSA) is 26.3 Å². The number of hydrogen-bond acceptors (Lipinski definition) is 2. The maximum Gasteiger partial charge on any atom is 0.162 e. The predicted molar refractivity (Wildman–Crippen MR) is 59.4 cm³/mol. The molecule has 2 heteroatoms. The van der Waals surface area contributed by atoms with Crippen LogP contribution in [0.25, 0.3) is 0 Å². The molecule has 1 aromatic carbocycles. The van der Waals surface area contributed by atoms with Crippen LogP contribution in [0.5, 0.6) is 0 Å². The number of carbonyl (C=O) groups excluding carboxylic acids is 1. The van der Waals surface area contributed by atoms with Gasteiger partial charge in [0.15, 0.2) is 5.78 Å². The van der Waals surface area contributed by atoms with Crippen molar-refractivity contribution in [2.24, 2.45) is 0 Å². The first-order valence-corrected chi connectivity index (χ1v) is 4.86. The highest BCUT2D eigenvalue weighted by atomic mass is 16.5. The van der Waals surface area contributed by atoms with Crippen LogP contribution in [0.15, 0.2) is 30.3 Å². The molecule has 15 heavy (non-hydrogen) atoms. The van der Waals surface area contributed by atoms with Gasteiger partial charge in [-0.15, -0.1) is 5.92 Å². The van der Waals surface area contributed by atoms with E-state index in [0.29, 0.717) is 13.0 Å². The zero-order chi connectivity index (χ0) is 10.9. The molecule has 2 nitrogen and oxygen atoms in total. The fourth-order valence-electron chi connectivity index (χ4n) is 1.16. The Morgan fingerprint density at radius 1 is 1.33 bits per heavy atom. The third-order valence-electron chi connectivity index (χ3n) is 1.86. The number of carbonyl (C=O) groups is 1. The van der Waals surface area contributed by atoms with Crippen molar-refractivity contribution in [3.8, 4) is 11.8 Å². The van der Waals surface area contributed by atoms with Crippen LogP contribution in [-0.2, 0) is 16.0 Å². The largest absolute Gasteiger partial charge is 0.361 e. The van der Waals surface area contributed by atoms with Gasteiger partial charge in [-0.25, -0.2) is 0 Å². The maximum atomic E-state index is 11.4. The summed E-state index contributed by atoms with van der Waals surface area (Å²) in [5, 5.41) is 0. The SMILES string of the molecule is CC#CCOCC(=O)Cc1ccccc1. The predicted octanol–water partition coefficient (Wildman–Crippen LogP) is 1.84. The lowest BCUT2D eigenvalue weighted by molar-refractivity contribution is -0.122. The molecule has 1 rings (SSSR count). The second-order valence-electron chi connectivity index (χ2n) is 3.12. The van der Waals surface area contributed by atoms with Crippen LogP contribution < -0.4 is 0 Å². The fourth-order valence-corrected chi connectivity index (χ4v) is 1.16. The molecule has 0 saturated carbocycles. The second-order valence-corrected chi connectivity index (χ2v) is 3.12. The zero-order valence-corrected chi connectivity index (χ0v) is 8.82. The zero-order valence-electron chi connectivity index (χ0n) is 8.82. The van der Waals surface area contributed by atoms with E-state index in [1.165, 1.54) is 0 Å². The van der Waals surface area contributed by atoms with E-state index in [1.54, 1.807) is 6.92 Å². The first-order chi connectivity index (χ1) is 7.33. The molecule has 78 valence electrons. The summed E-state index contributed by atoms with van der Waals surface area (Å²) < 4.78 is 5.08. The lowest BCUT2D eigenvalue weighted by atomic mass is 10.1. The van der Waals surface area contributed by atoms with Gasteiger partial charge in [0.25, 0.3) is 0 Å². The highest BCUT2D eigenvalue weighted by Crippen LogP contribution is 2.00. The van der Waals surface area contributed by atoms with E-state index in [0.717, 1.165) is 5.56 Å².